The van der Waals surface area contributed by atoms with Gasteiger partial charge in [-0.2, -0.15) is 0 Å². The number of hydrogen-bond donors (Lipinski definition) is 1. The maximum atomic E-state index is 10.5. The van der Waals surface area contributed by atoms with E-state index in [1.54, 1.807) is 13.2 Å². The van der Waals surface area contributed by atoms with E-state index in [0.717, 1.165) is 11.1 Å². The van der Waals surface area contributed by atoms with Crippen LogP contribution in [0.4, 0.5) is 0 Å². The smallest absolute Gasteiger partial charge is 0.216 e. The number of rotatable bonds is 4. The molecule has 2 aromatic rings. The van der Waals surface area contributed by atoms with Crippen LogP contribution < -0.4 is 9.47 Å². The molecule has 0 saturated carbocycles. The number of nitrogens with zero attached hydrogens (tertiary/aromatic N) is 2. The summed E-state index contributed by atoms with van der Waals surface area (Å²) in [4.78, 5) is 8.03. The molecule has 0 bridgehead atoms. The van der Waals surface area contributed by atoms with E-state index in [2.05, 4.69) is 9.97 Å². The summed E-state index contributed by atoms with van der Waals surface area (Å²) in [5, 5.41) is 10.5. The van der Waals surface area contributed by atoms with E-state index in [-0.39, 0.29) is 0 Å². The number of aliphatic hydroxyl groups excluding tert-OH is 1. The van der Waals surface area contributed by atoms with Crippen molar-refractivity contribution in [3.05, 3.63) is 46.9 Å². The van der Waals surface area contributed by atoms with Crippen LogP contribution in [0, 0.1) is 13.8 Å². The van der Waals surface area contributed by atoms with Crippen LogP contribution in [0.3, 0.4) is 0 Å². The molecule has 0 radical (unpaired) electrons. The van der Waals surface area contributed by atoms with E-state index >= 15 is 0 Å². The van der Waals surface area contributed by atoms with Crippen molar-refractivity contribution in [2.75, 3.05) is 14.2 Å². The Morgan fingerprint density at radius 1 is 1.10 bits per heavy atom. The fourth-order valence-corrected chi connectivity index (χ4v) is 2.07. The average molecular weight is 274 g/mol. The van der Waals surface area contributed by atoms with Crippen LogP contribution in [0.15, 0.2) is 24.5 Å². The molecule has 0 saturated heterocycles. The minimum Gasteiger partial charge on any atom is -0.496 e. The molecular formula is C15H18N2O3. The fourth-order valence-electron chi connectivity index (χ4n) is 2.07. The van der Waals surface area contributed by atoms with E-state index < -0.39 is 6.10 Å². The maximum absolute atomic E-state index is 10.5. The molecule has 0 fully saturated rings. The number of aryl methyl sites for hydroxylation is 1. The molecular weight excluding hydrogens is 256 g/mol. The number of aromatic nitrogens is 2. The Balaban J connectivity index is 2.47. The van der Waals surface area contributed by atoms with Crippen molar-refractivity contribution in [1.29, 1.82) is 0 Å². The molecule has 106 valence electrons. The van der Waals surface area contributed by atoms with E-state index in [0.29, 0.717) is 22.9 Å². The zero-order chi connectivity index (χ0) is 14.7. The van der Waals surface area contributed by atoms with Crippen LogP contribution in [-0.4, -0.2) is 29.3 Å². The molecule has 5 heteroatoms. The van der Waals surface area contributed by atoms with Gasteiger partial charge >= 0.3 is 0 Å². The highest BCUT2D eigenvalue weighted by molar-refractivity contribution is 5.48. The van der Waals surface area contributed by atoms with Gasteiger partial charge in [0.15, 0.2) is 0 Å². The Hall–Kier alpha value is -2.14. The highest BCUT2D eigenvalue weighted by atomic mass is 16.5. The van der Waals surface area contributed by atoms with Crippen molar-refractivity contribution < 1.29 is 14.6 Å². The summed E-state index contributed by atoms with van der Waals surface area (Å²) in [7, 11) is 3.12. The predicted molar refractivity (Wildman–Crippen MR) is 75.1 cm³/mol. The quantitative estimate of drug-likeness (QED) is 0.926. The third kappa shape index (κ3) is 2.58. The Morgan fingerprint density at radius 3 is 2.50 bits per heavy atom. The molecule has 1 aromatic carbocycles. The number of ether oxygens (including phenoxy) is 2. The number of aliphatic hydroxyl groups is 1. The van der Waals surface area contributed by atoms with E-state index in [1.165, 1.54) is 13.4 Å². The van der Waals surface area contributed by atoms with Crippen molar-refractivity contribution in [3.63, 3.8) is 0 Å². The zero-order valence-electron chi connectivity index (χ0n) is 12.0. The summed E-state index contributed by atoms with van der Waals surface area (Å²) < 4.78 is 10.5. The molecule has 0 spiro atoms. The van der Waals surface area contributed by atoms with Gasteiger partial charge in [-0.1, -0.05) is 12.1 Å². The van der Waals surface area contributed by atoms with Crippen molar-refractivity contribution in [3.8, 4) is 11.6 Å². The van der Waals surface area contributed by atoms with Crippen LogP contribution in [0.5, 0.6) is 11.6 Å². The van der Waals surface area contributed by atoms with Gasteiger partial charge < -0.3 is 14.6 Å². The first-order valence-electron chi connectivity index (χ1n) is 6.26. The minimum atomic E-state index is -0.888. The molecule has 0 amide bonds. The van der Waals surface area contributed by atoms with Crippen LogP contribution >= 0.6 is 0 Å². The SMILES string of the molecule is COc1cc(C(O)c2ccc(C)c(C)c2OC)ncn1. The topological polar surface area (TPSA) is 64.5 Å². The Bertz CT molecular complexity index is 614. The summed E-state index contributed by atoms with van der Waals surface area (Å²) in [6.07, 6.45) is 0.478. The molecule has 1 atom stereocenters. The Labute approximate surface area is 118 Å². The number of methoxy groups -OCH3 is 2. The molecule has 1 N–H and O–H groups in total. The second-order valence-electron chi connectivity index (χ2n) is 4.52. The second kappa shape index (κ2) is 5.88. The standard InChI is InChI=1S/C15H18N2O3/c1-9-5-6-11(15(20-4)10(9)2)14(18)12-7-13(19-3)17-8-16-12/h5-8,14,18H,1-4H3. The molecule has 20 heavy (non-hydrogen) atoms. The average Bonchev–Trinajstić information content (AvgIpc) is 2.49. The first-order chi connectivity index (χ1) is 9.58. The first kappa shape index (κ1) is 14.3. The Kier molecular flexibility index (Phi) is 4.20. The first-order valence-corrected chi connectivity index (χ1v) is 6.26. The number of benzene rings is 1. The second-order valence-corrected chi connectivity index (χ2v) is 4.52. The zero-order valence-corrected chi connectivity index (χ0v) is 12.0. The molecule has 0 aliphatic heterocycles. The van der Waals surface area contributed by atoms with Crippen LogP contribution in [0.25, 0.3) is 0 Å². The summed E-state index contributed by atoms with van der Waals surface area (Å²) in [6.45, 7) is 3.96. The predicted octanol–water partition coefficient (Wildman–Crippen LogP) is 2.19. The van der Waals surface area contributed by atoms with Crippen LogP contribution in [0.1, 0.15) is 28.5 Å². The maximum Gasteiger partial charge on any atom is 0.216 e. The van der Waals surface area contributed by atoms with Crippen LogP contribution in [0.2, 0.25) is 0 Å². The van der Waals surface area contributed by atoms with E-state index in [1.807, 2.05) is 26.0 Å². The van der Waals surface area contributed by atoms with Gasteiger partial charge in [-0.05, 0) is 25.0 Å². The van der Waals surface area contributed by atoms with Gasteiger partial charge in [-0.3, -0.25) is 0 Å². The molecule has 1 unspecified atom stereocenters. The van der Waals surface area contributed by atoms with Crippen LogP contribution in [-0.2, 0) is 0 Å². The lowest BCUT2D eigenvalue weighted by Gasteiger charge is -2.17. The minimum absolute atomic E-state index is 0.414. The molecule has 0 aliphatic carbocycles. The van der Waals surface area contributed by atoms with Gasteiger partial charge in [-0.25, -0.2) is 9.97 Å². The monoisotopic (exact) mass is 274 g/mol. The lowest BCUT2D eigenvalue weighted by molar-refractivity contribution is 0.208. The summed E-state index contributed by atoms with van der Waals surface area (Å²) >= 11 is 0. The summed E-state index contributed by atoms with van der Waals surface area (Å²) in [5.41, 5.74) is 3.26. The normalized spacial score (nSPS) is 12.1. The van der Waals surface area contributed by atoms with Gasteiger partial charge in [-0.15, -0.1) is 0 Å². The lowest BCUT2D eigenvalue weighted by Crippen LogP contribution is -2.07. The molecule has 1 aromatic heterocycles. The lowest BCUT2D eigenvalue weighted by atomic mass is 9.99. The van der Waals surface area contributed by atoms with Gasteiger partial charge in [0.1, 0.15) is 18.2 Å². The van der Waals surface area contributed by atoms with Gasteiger partial charge in [0.25, 0.3) is 0 Å². The van der Waals surface area contributed by atoms with E-state index in [9.17, 15) is 5.11 Å². The highest BCUT2D eigenvalue weighted by Gasteiger charge is 2.19. The van der Waals surface area contributed by atoms with Crippen molar-refractivity contribution in [2.24, 2.45) is 0 Å². The third-order valence-corrected chi connectivity index (χ3v) is 3.36. The molecule has 1 heterocycles. The largest absolute Gasteiger partial charge is 0.496 e. The third-order valence-electron chi connectivity index (χ3n) is 3.36. The van der Waals surface area contributed by atoms with Gasteiger partial charge in [0.05, 0.1) is 19.9 Å². The molecule has 2 rings (SSSR count). The highest BCUT2D eigenvalue weighted by Crippen LogP contribution is 2.33. The van der Waals surface area contributed by atoms with Gasteiger partial charge in [0.2, 0.25) is 5.88 Å². The number of hydrogen-bond acceptors (Lipinski definition) is 5. The molecule has 5 nitrogen and oxygen atoms in total. The van der Waals surface area contributed by atoms with Crippen molar-refractivity contribution in [2.45, 2.75) is 20.0 Å². The van der Waals surface area contributed by atoms with Crippen molar-refractivity contribution >= 4 is 0 Å². The van der Waals surface area contributed by atoms with Gasteiger partial charge in [0, 0.05) is 11.6 Å². The summed E-state index contributed by atoms with van der Waals surface area (Å²) in [6, 6.07) is 5.41. The summed E-state index contributed by atoms with van der Waals surface area (Å²) in [5.74, 6) is 1.09. The Morgan fingerprint density at radius 2 is 1.85 bits per heavy atom. The van der Waals surface area contributed by atoms with Crippen molar-refractivity contribution in [1.82, 2.24) is 9.97 Å². The fraction of sp³-hybridized carbons (Fsp3) is 0.333. The van der Waals surface area contributed by atoms with E-state index in [4.69, 9.17) is 9.47 Å². The molecule has 0 aliphatic rings.